The van der Waals surface area contributed by atoms with Crippen molar-refractivity contribution in [2.45, 2.75) is 18.9 Å². The van der Waals surface area contributed by atoms with Gasteiger partial charge < -0.3 is 22.0 Å². The fourth-order valence-corrected chi connectivity index (χ4v) is 0.469. The van der Waals surface area contributed by atoms with Crippen LogP contribution in [0.4, 0.5) is 0 Å². The minimum atomic E-state index is -0.705. The predicted molar refractivity (Wildman–Crippen MR) is 34.0 cm³/mol. The Balaban J connectivity index is 3.27. The third-order valence-corrected chi connectivity index (χ3v) is 1.06. The molecule has 4 heteroatoms. The zero-order valence-corrected chi connectivity index (χ0v) is 5.26. The number of rotatable bonds is 4. The average Bonchev–Trinajstić information content (AvgIpc) is 1.82. The van der Waals surface area contributed by atoms with E-state index >= 15 is 0 Å². The highest BCUT2D eigenvalue weighted by Gasteiger charge is 1.97. The van der Waals surface area contributed by atoms with E-state index in [0.29, 0.717) is 19.4 Å². The molecule has 0 aromatic rings. The quantitative estimate of drug-likeness (QED) is 0.315. The maximum atomic E-state index is 10.2. The molecule has 0 spiro atoms. The second-order valence-corrected chi connectivity index (χ2v) is 1.90. The summed E-state index contributed by atoms with van der Waals surface area (Å²) in [5.41, 5.74) is 10.4. The summed E-state index contributed by atoms with van der Waals surface area (Å²) in [6.07, 6.45) is 1.24. The highest BCUT2D eigenvalue weighted by atomic mass is 16.3. The molecule has 0 saturated carbocycles. The first-order valence-electron chi connectivity index (χ1n) is 2.89. The van der Waals surface area contributed by atoms with Crippen LogP contribution in [0.5, 0.6) is 0 Å². The van der Waals surface area contributed by atoms with Gasteiger partial charge in [0.25, 0.3) is 0 Å². The van der Waals surface area contributed by atoms with Crippen molar-refractivity contribution in [3.63, 3.8) is 0 Å². The van der Waals surface area contributed by atoms with Crippen molar-refractivity contribution in [2.75, 3.05) is 6.54 Å². The molecule has 0 bridgehead atoms. The van der Waals surface area contributed by atoms with Crippen molar-refractivity contribution in [1.82, 2.24) is 0 Å². The van der Waals surface area contributed by atoms with Crippen molar-refractivity contribution in [3.05, 3.63) is 0 Å². The first-order chi connectivity index (χ1) is 4.18. The Kier molecular flexibility index (Phi) is 4.00. The van der Waals surface area contributed by atoms with E-state index in [0.717, 1.165) is 0 Å². The smallest absolute Gasteiger partial charge is 0.0320 e. The number of nitrogens with two attached hydrogens (primary N) is 2. The maximum absolute atomic E-state index is 10.2. The van der Waals surface area contributed by atoms with E-state index in [9.17, 15) is 5.11 Å². The topological polar surface area (TPSA) is 98.9 Å². The molecule has 0 aliphatic heterocycles. The minimum absolute atomic E-state index is 0.527. The lowest BCUT2D eigenvalue weighted by molar-refractivity contribution is -0.222. The lowest BCUT2D eigenvalue weighted by Gasteiger charge is -2.15. The van der Waals surface area contributed by atoms with Gasteiger partial charge in [-0.25, -0.2) is 0 Å². The Labute approximate surface area is 54.4 Å². The monoisotopic (exact) mass is 130 g/mol. The van der Waals surface area contributed by atoms with Gasteiger partial charge in [0.1, 0.15) is 0 Å². The molecule has 0 aromatic heterocycles. The molecule has 0 amide bonds. The van der Waals surface area contributed by atoms with E-state index < -0.39 is 11.9 Å². The summed E-state index contributed by atoms with van der Waals surface area (Å²) in [5.74, 6) is -0.705. The zero-order valence-electron chi connectivity index (χ0n) is 5.26. The van der Waals surface area contributed by atoms with Gasteiger partial charge >= 0.3 is 0 Å². The van der Waals surface area contributed by atoms with E-state index in [1.54, 1.807) is 0 Å². The first kappa shape index (κ1) is 8.39. The van der Waals surface area contributed by atoms with Crippen LogP contribution in [0.3, 0.4) is 0 Å². The van der Waals surface area contributed by atoms with Gasteiger partial charge in [0.05, 0.1) is 0 Å². The molecule has 0 saturated heterocycles. The third kappa shape index (κ3) is 3.93. The molecule has 4 nitrogen and oxygen atoms in total. The van der Waals surface area contributed by atoms with Crippen molar-refractivity contribution >= 4 is 5.90 Å². The van der Waals surface area contributed by atoms with E-state index in [1.165, 1.54) is 0 Å². The van der Waals surface area contributed by atoms with Crippen LogP contribution in [0.15, 0.2) is 0 Å². The van der Waals surface area contributed by atoms with E-state index in [-0.39, 0.29) is 0 Å². The molecule has 9 heavy (non-hydrogen) atoms. The van der Waals surface area contributed by atoms with Gasteiger partial charge in [-0.05, 0) is 25.3 Å². The minimum Gasteiger partial charge on any atom is -0.861 e. The molecule has 0 heterocycles. The normalized spacial score (nSPS) is 13.1. The standard InChI is InChI=1S/C5H13N3O/c6-3-1-2-4(7)5(8)9/h4H,1-3,6-7H2,(H2,8,9)/p-1/t4-/m1/s1. The van der Waals surface area contributed by atoms with Crippen LogP contribution in [0.25, 0.3) is 0 Å². The second-order valence-electron chi connectivity index (χ2n) is 1.90. The van der Waals surface area contributed by atoms with Crippen LogP contribution in [0.2, 0.25) is 0 Å². The van der Waals surface area contributed by atoms with Gasteiger partial charge in [-0.3, -0.25) is 0 Å². The maximum Gasteiger partial charge on any atom is 0.0320 e. The molecule has 0 radical (unpaired) electrons. The largest absolute Gasteiger partial charge is 0.861 e. The Morgan fingerprint density at radius 2 is 2.22 bits per heavy atom. The summed E-state index contributed by atoms with van der Waals surface area (Å²) in [6.45, 7) is 0.529. The highest BCUT2D eigenvalue weighted by Crippen LogP contribution is 1.89. The highest BCUT2D eigenvalue weighted by molar-refractivity contribution is 5.73. The predicted octanol–water partition coefficient (Wildman–Crippen LogP) is -1.61. The van der Waals surface area contributed by atoms with Gasteiger partial charge in [0.15, 0.2) is 0 Å². The van der Waals surface area contributed by atoms with Crippen LogP contribution in [0, 0.1) is 5.41 Å². The summed E-state index contributed by atoms with van der Waals surface area (Å²) >= 11 is 0. The lowest BCUT2D eigenvalue weighted by Crippen LogP contribution is -2.38. The molecule has 0 fully saturated rings. The van der Waals surface area contributed by atoms with E-state index in [4.69, 9.17) is 16.9 Å². The van der Waals surface area contributed by atoms with Crippen molar-refractivity contribution in [2.24, 2.45) is 11.5 Å². The molecule has 1 atom stereocenters. The van der Waals surface area contributed by atoms with Gasteiger partial charge in [-0.1, -0.05) is 0 Å². The molecule has 0 unspecified atom stereocenters. The molecular formula is C5H12N3O-. The molecule has 5 N–H and O–H groups in total. The summed E-state index contributed by atoms with van der Waals surface area (Å²) in [5, 5.41) is 16.7. The summed E-state index contributed by atoms with van der Waals surface area (Å²) in [4.78, 5) is 0. The molecule has 0 aliphatic rings. The van der Waals surface area contributed by atoms with Crippen LogP contribution < -0.4 is 16.6 Å². The summed E-state index contributed by atoms with van der Waals surface area (Å²) < 4.78 is 0. The average molecular weight is 130 g/mol. The van der Waals surface area contributed by atoms with Crippen molar-refractivity contribution in [3.8, 4) is 0 Å². The fourth-order valence-electron chi connectivity index (χ4n) is 0.469. The Morgan fingerprint density at radius 1 is 1.67 bits per heavy atom. The molecular weight excluding hydrogens is 118 g/mol. The third-order valence-electron chi connectivity index (χ3n) is 1.06. The van der Waals surface area contributed by atoms with Crippen LogP contribution in [-0.4, -0.2) is 18.5 Å². The Bertz CT molecular complexity index is 94.2. The lowest BCUT2D eigenvalue weighted by atomic mass is 10.2. The molecule has 0 rings (SSSR count). The number of hydrogen-bond acceptors (Lipinski definition) is 4. The van der Waals surface area contributed by atoms with Crippen molar-refractivity contribution in [1.29, 1.82) is 5.41 Å². The van der Waals surface area contributed by atoms with Gasteiger partial charge in [-0.15, -0.1) is 0 Å². The van der Waals surface area contributed by atoms with E-state index in [1.807, 2.05) is 0 Å². The molecule has 54 valence electrons. The number of nitrogens with one attached hydrogen (secondary N) is 1. The Hall–Kier alpha value is -0.610. The van der Waals surface area contributed by atoms with Crippen LogP contribution >= 0.6 is 0 Å². The fraction of sp³-hybridized carbons (Fsp3) is 0.800. The van der Waals surface area contributed by atoms with Gasteiger partial charge in [-0.2, -0.15) is 0 Å². The van der Waals surface area contributed by atoms with Crippen molar-refractivity contribution < 1.29 is 5.11 Å². The summed E-state index contributed by atoms with van der Waals surface area (Å²) in [6, 6.07) is -0.631. The summed E-state index contributed by atoms with van der Waals surface area (Å²) in [7, 11) is 0. The Morgan fingerprint density at radius 3 is 2.56 bits per heavy atom. The van der Waals surface area contributed by atoms with Crippen LogP contribution in [0.1, 0.15) is 12.8 Å². The van der Waals surface area contributed by atoms with Crippen LogP contribution in [-0.2, 0) is 0 Å². The zero-order chi connectivity index (χ0) is 7.28. The van der Waals surface area contributed by atoms with Gasteiger partial charge in [0, 0.05) is 6.04 Å². The molecule has 0 aromatic carbocycles. The molecule has 0 aliphatic carbocycles. The first-order valence-corrected chi connectivity index (χ1v) is 2.89. The second kappa shape index (κ2) is 4.29. The van der Waals surface area contributed by atoms with E-state index in [2.05, 4.69) is 0 Å². The van der Waals surface area contributed by atoms with Gasteiger partial charge in [0.2, 0.25) is 0 Å². The SMILES string of the molecule is N=C([O-])[C@H](N)CCCN. The number of hydrogen-bond donors (Lipinski definition) is 3.